The standard InChI is InChI=1S/C15H12F2N2O/c16-13-5-12(8-19)6-14(17)15(13)20-9-11-3-1-10(7-18)2-4-11/h1-6H,8-9,19H2. The van der Waals surface area contributed by atoms with Crippen molar-refractivity contribution >= 4 is 0 Å². The molecule has 2 rings (SSSR count). The van der Waals surface area contributed by atoms with Crippen molar-refractivity contribution in [3.8, 4) is 11.8 Å². The van der Waals surface area contributed by atoms with Gasteiger partial charge in [0.15, 0.2) is 17.4 Å². The lowest BCUT2D eigenvalue weighted by Gasteiger charge is -2.09. The van der Waals surface area contributed by atoms with Crippen LogP contribution in [-0.4, -0.2) is 0 Å². The predicted octanol–water partition coefficient (Wildman–Crippen LogP) is 2.87. The molecule has 0 aliphatic carbocycles. The van der Waals surface area contributed by atoms with Gasteiger partial charge in [0.2, 0.25) is 0 Å². The minimum atomic E-state index is -0.779. The maximum absolute atomic E-state index is 13.7. The first-order chi connectivity index (χ1) is 9.63. The number of halogens is 2. The lowest BCUT2D eigenvalue weighted by molar-refractivity contribution is 0.274. The third-order valence-corrected chi connectivity index (χ3v) is 2.76. The van der Waals surface area contributed by atoms with Crippen molar-refractivity contribution in [1.29, 1.82) is 5.26 Å². The van der Waals surface area contributed by atoms with Crippen LogP contribution in [-0.2, 0) is 13.2 Å². The first-order valence-electron chi connectivity index (χ1n) is 5.94. The van der Waals surface area contributed by atoms with E-state index in [1.807, 2.05) is 6.07 Å². The van der Waals surface area contributed by atoms with E-state index in [1.54, 1.807) is 24.3 Å². The van der Waals surface area contributed by atoms with E-state index >= 15 is 0 Å². The summed E-state index contributed by atoms with van der Waals surface area (Å²) in [6, 6.07) is 10.9. The highest BCUT2D eigenvalue weighted by molar-refractivity contribution is 5.33. The number of benzene rings is 2. The number of rotatable bonds is 4. The Labute approximate surface area is 115 Å². The predicted molar refractivity (Wildman–Crippen MR) is 69.7 cm³/mol. The first kappa shape index (κ1) is 14.0. The number of nitriles is 1. The van der Waals surface area contributed by atoms with Gasteiger partial charge in [-0.3, -0.25) is 0 Å². The molecule has 20 heavy (non-hydrogen) atoms. The molecule has 2 aromatic rings. The number of ether oxygens (including phenoxy) is 1. The van der Waals surface area contributed by atoms with Crippen LogP contribution in [0.15, 0.2) is 36.4 Å². The Morgan fingerprint density at radius 3 is 2.15 bits per heavy atom. The molecule has 0 spiro atoms. The van der Waals surface area contributed by atoms with Gasteiger partial charge in [-0.25, -0.2) is 8.78 Å². The molecule has 3 nitrogen and oxygen atoms in total. The summed E-state index contributed by atoms with van der Waals surface area (Å²) in [5.41, 5.74) is 6.92. The molecule has 0 saturated carbocycles. The zero-order chi connectivity index (χ0) is 14.5. The molecule has 0 aliphatic rings. The lowest BCUT2D eigenvalue weighted by Crippen LogP contribution is -2.03. The van der Waals surface area contributed by atoms with E-state index in [4.69, 9.17) is 15.7 Å². The van der Waals surface area contributed by atoms with Crippen molar-refractivity contribution in [2.45, 2.75) is 13.2 Å². The summed E-state index contributed by atoms with van der Waals surface area (Å²) in [7, 11) is 0. The molecule has 0 radical (unpaired) electrons. The molecular weight excluding hydrogens is 262 g/mol. The Balaban J connectivity index is 2.12. The van der Waals surface area contributed by atoms with Crippen LogP contribution in [0.25, 0.3) is 0 Å². The molecule has 2 aromatic carbocycles. The average molecular weight is 274 g/mol. The molecule has 2 N–H and O–H groups in total. The summed E-state index contributed by atoms with van der Waals surface area (Å²) in [6.45, 7) is 0.0747. The van der Waals surface area contributed by atoms with Gasteiger partial charge in [0.05, 0.1) is 11.6 Å². The van der Waals surface area contributed by atoms with Gasteiger partial charge in [-0.2, -0.15) is 5.26 Å². The quantitative estimate of drug-likeness (QED) is 0.932. The average Bonchev–Trinajstić information content (AvgIpc) is 2.46. The summed E-state index contributed by atoms with van der Waals surface area (Å²) in [4.78, 5) is 0. The third kappa shape index (κ3) is 3.11. The van der Waals surface area contributed by atoms with Crippen LogP contribution in [0, 0.1) is 23.0 Å². The number of hydrogen-bond acceptors (Lipinski definition) is 3. The van der Waals surface area contributed by atoms with E-state index in [2.05, 4.69) is 0 Å². The molecule has 0 aliphatic heterocycles. The van der Waals surface area contributed by atoms with Gasteiger partial charge in [0, 0.05) is 6.54 Å². The minimum Gasteiger partial charge on any atom is -0.483 e. The van der Waals surface area contributed by atoms with E-state index in [9.17, 15) is 8.78 Å². The van der Waals surface area contributed by atoms with Crippen molar-refractivity contribution in [2.75, 3.05) is 0 Å². The molecular formula is C15H12F2N2O. The van der Waals surface area contributed by atoms with Crippen LogP contribution in [0.4, 0.5) is 8.78 Å². The highest BCUT2D eigenvalue weighted by Crippen LogP contribution is 2.24. The van der Waals surface area contributed by atoms with Gasteiger partial charge in [0.25, 0.3) is 0 Å². The fraction of sp³-hybridized carbons (Fsp3) is 0.133. The Morgan fingerprint density at radius 1 is 1.05 bits per heavy atom. The van der Waals surface area contributed by atoms with Crippen molar-refractivity contribution in [3.05, 3.63) is 64.7 Å². The second kappa shape index (κ2) is 6.13. The Morgan fingerprint density at radius 2 is 1.65 bits per heavy atom. The molecule has 0 atom stereocenters. The zero-order valence-corrected chi connectivity index (χ0v) is 10.6. The summed E-state index contributed by atoms with van der Waals surface area (Å²) in [5.74, 6) is -1.98. The van der Waals surface area contributed by atoms with Crippen LogP contribution >= 0.6 is 0 Å². The van der Waals surface area contributed by atoms with Gasteiger partial charge in [0.1, 0.15) is 6.61 Å². The fourth-order valence-electron chi connectivity index (χ4n) is 1.70. The molecule has 0 saturated heterocycles. The normalized spacial score (nSPS) is 10.1. The molecule has 5 heteroatoms. The van der Waals surface area contributed by atoms with E-state index < -0.39 is 17.4 Å². The molecule has 0 fully saturated rings. The van der Waals surface area contributed by atoms with Gasteiger partial charge >= 0.3 is 0 Å². The highest BCUT2D eigenvalue weighted by atomic mass is 19.1. The fourth-order valence-corrected chi connectivity index (χ4v) is 1.70. The van der Waals surface area contributed by atoms with Crippen LogP contribution in [0.1, 0.15) is 16.7 Å². The molecule has 0 unspecified atom stereocenters. The summed E-state index contributed by atoms with van der Waals surface area (Å²) in [5, 5.41) is 8.67. The van der Waals surface area contributed by atoms with Crippen LogP contribution < -0.4 is 10.5 Å². The monoisotopic (exact) mass is 274 g/mol. The lowest BCUT2D eigenvalue weighted by atomic mass is 10.1. The van der Waals surface area contributed by atoms with E-state index in [0.29, 0.717) is 16.7 Å². The van der Waals surface area contributed by atoms with E-state index in [0.717, 1.165) is 12.1 Å². The molecule has 0 amide bonds. The number of nitrogens with zero attached hydrogens (tertiary/aromatic N) is 1. The van der Waals surface area contributed by atoms with E-state index in [1.165, 1.54) is 0 Å². The van der Waals surface area contributed by atoms with Crippen LogP contribution in [0.5, 0.6) is 5.75 Å². The van der Waals surface area contributed by atoms with Gasteiger partial charge in [-0.05, 0) is 35.4 Å². The Hall–Kier alpha value is -2.45. The first-order valence-corrected chi connectivity index (χ1v) is 5.94. The maximum atomic E-state index is 13.7. The van der Waals surface area contributed by atoms with Crippen molar-refractivity contribution in [2.24, 2.45) is 5.73 Å². The topological polar surface area (TPSA) is 59.0 Å². The van der Waals surface area contributed by atoms with Gasteiger partial charge < -0.3 is 10.5 Å². The largest absolute Gasteiger partial charge is 0.483 e. The number of hydrogen-bond donors (Lipinski definition) is 1. The SMILES string of the molecule is N#Cc1ccc(COc2c(F)cc(CN)cc2F)cc1. The summed E-state index contributed by atoms with van der Waals surface area (Å²) < 4.78 is 32.5. The Kier molecular flexibility index (Phi) is 4.28. The van der Waals surface area contributed by atoms with Gasteiger partial charge in [-0.1, -0.05) is 12.1 Å². The summed E-state index contributed by atoms with van der Waals surface area (Å²) >= 11 is 0. The van der Waals surface area contributed by atoms with E-state index in [-0.39, 0.29) is 13.2 Å². The third-order valence-electron chi connectivity index (χ3n) is 2.76. The minimum absolute atomic E-state index is 0.0154. The second-order valence-corrected chi connectivity index (χ2v) is 4.19. The highest BCUT2D eigenvalue weighted by Gasteiger charge is 2.12. The Bertz CT molecular complexity index is 625. The van der Waals surface area contributed by atoms with Crippen molar-refractivity contribution in [3.63, 3.8) is 0 Å². The van der Waals surface area contributed by atoms with Crippen LogP contribution in [0.3, 0.4) is 0 Å². The molecule has 0 heterocycles. The van der Waals surface area contributed by atoms with Gasteiger partial charge in [-0.15, -0.1) is 0 Å². The smallest absolute Gasteiger partial charge is 0.191 e. The van der Waals surface area contributed by atoms with Crippen molar-refractivity contribution in [1.82, 2.24) is 0 Å². The number of nitrogens with two attached hydrogens (primary N) is 1. The summed E-state index contributed by atoms with van der Waals surface area (Å²) in [6.07, 6.45) is 0. The second-order valence-electron chi connectivity index (χ2n) is 4.19. The van der Waals surface area contributed by atoms with Crippen LogP contribution in [0.2, 0.25) is 0 Å². The maximum Gasteiger partial charge on any atom is 0.191 e. The molecule has 0 aromatic heterocycles. The molecule has 102 valence electrons. The zero-order valence-electron chi connectivity index (χ0n) is 10.6. The van der Waals surface area contributed by atoms with Crippen molar-refractivity contribution < 1.29 is 13.5 Å². The molecule has 0 bridgehead atoms.